The minimum absolute atomic E-state index is 0.224. The third-order valence-electron chi connectivity index (χ3n) is 4.17. The van der Waals surface area contributed by atoms with Crippen LogP contribution in [0.2, 0.25) is 0 Å². The molecule has 6 heteroatoms. The van der Waals surface area contributed by atoms with Crippen LogP contribution in [0.25, 0.3) is 0 Å². The Kier molecular flexibility index (Phi) is 4.84. The molecular formula is C13H24N2O3S. The summed E-state index contributed by atoms with van der Waals surface area (Å²) in [7, 11) is -3.13. The zero-order chi connectivity index (χ0) is 13.9. The van der Waals surface area contributed by atoms with Gasteiger partial charge in [-0.15, -0.1) is 0 Å². The zero-order valence-corrected chi connectivity index (χ0v) is 12.4. The van der Waals surface area contributed by atoms with E-state index >= 15 is 0 Å². The van der Waals surface area contributed by atoms with Gasteiger partial charge in [0.25, 0.3) is 0 Å². The van der Waals surface area contributed by atoms with Crippen molar-refractivity contribution in [3.63, 3.8) is 0 Å². The first-order valence-corrected chi connectivity index (χ1v) is 9.08. The number of nitrogens with zero attached hydrogens (tertiary/aromatic N) is 1. The molecule has 2 rings (SSSR count). The summed E-state index contributed by atoms with van der Waals surface area (Å²) in [6.07, 6.45) is 7.55. The summed E-state index contributed by atoms with van der Waals surface area (Å²) in [5.41, 5.74) is 0. The molecule has 0 bridgehead atoms. The number of carbonyl (C=O) groups excluding carboxylic acids is 1. The van der Waals surface area contributed by atoms with E-state index < -0.39 is 10.0 Å². The first-order chi connectivity index (χ1) is 8.96. The summed E-state index contributed by atoms with van der Waals surface area (Å²) in [5.74, 6) is 0.775. The fraction of sp³-hybridized carbons (Fsp3) is 0.923. The van der Waals surface area contributed by atoms with Crippen molar-refractivity contribution >= 4 is 15.9 Å². The molecule has 19 heavy (non-hydrogen) atoms. The van der Waals surface area contributed by atoms with Gasteiger partial charge in [0.15, 0.2) is 0 Å². The summed E-state index contributed by atoms with van der Waals surface area (Å²) in [6, 6.07) is 0. The van der Waals surface area contributed by atoms with Crippen molar-refractivity contribution in [1.82, 2.24) is 9.62 Å². The van der Waals surface area contributed by atoms with Gasteiger partial charge in [-0.2, -0.15) is 0 Å². The van der Waals surface area contributed by atoms with Gasteiger partial charge in [0.05, 0.1) is 6.26 Å². The van der Waals surface area contributed by atoms with Gasteiger partial charge in [-0.25, -0.2) is 13.1 Å². The Labute approximate surface area is 115 Å². The summed E-state index contributed by atoms with van der Waals surface area (Å²) in [6.45, 7) is 2.00. The standard InChI is InChI=1S/C13H24N2O3S/c1-19(17,18)14-9-11-5-4-8-15(10-11)13(16)12-6-2-3-7-12/h11-12,14H,2-10H2,1H3/t11-/m0/s1. The third-order valence-corrected chi connectivity index (χ3v) is 4.86. The number of rotatable bonds is 4. The normalized spacial score (nSPS) is 25.7. The highest BCUT2D eigenvalue weighted by molar-refractivity contribution is 7.88. The molecule has 1 atom stereocenters. The number of nitrogens with one attached hydrogen (secondary N) is 1. The molecule has 1 saturated carbocycles. The molecule has 0 spiro atoms. The summed E-state index contributed by atoms with van der Waals surface area (Å²) in [4.78, 5) is 14.3. The van der Waals surface area contributed by atoms with Crippen LogP contribution >= 0.6 is 0 Å². The Balaban J connectivity index is 1.84. The van der Waals surface area contributed by atoms with Crippen molar-refractivity contribution in [2.24, 2.45) is 11.8 Å². The van der Waals surface area contributed by atoms with Gasteiger partial charge in [-0.05, 0) is 31.6 Å². The molecule has 1 heterocycles. The van der Waals surface area contributed by atoms with Crippen LogP contribution in [0.3, 0.4) is 0 Å². The predicted molar refractivity (Wildman–Crippen MR) is 74.1 cm³/mol. The van der Waals surface area contributed by atoms with Crippen molar-refractivity contribution in [1.29, 1.82) is 0 Å². The molecule has 0 aromatic heterocycles. The van der Waals surface area contributed by atoms with Gasteiger partial charge in [-0.3, -0.25) is 4.79 Å². The molecule has 2 fully saturated rings. The molecule has 110 valence electrons. The topological polar surface area (TPSA) is 66.5 Å². The van der Waals surface area contributed by atoms with Crippen molar-refractivity contribution in [2.45, 2.75) is 38.5 Å². The molecule has 0 aromatic rings. The maximum Gasteiger partial charge on any atom is 0.225 e. The quantitative estimate of drug-likeness (QED) is 0.838. The van der Waals surface area contributed by atoms with Crippen LogP contribution in [0, 0.1) is 11.8 Å². The van der Waals surface area contributed by atoms with Gasteiger partial charge in [0.2, 0.25) is 15.9 Å². The summed E-state index contributed by atoms with van der Waals surface area (Å²) >= 11 is 0. The van der Waals surface area contributed by atoms with Crippen LogP contribution in [-0.2, 0) is 14.8 Å². The molecular weight excluding hydrogens is 264 g/mol. The van der Waals surface area contributed by atoms with E-state index in [0.29, 0.717) is 19.0 Å². The monoisotopic (exact) mass is 288 g/mol. The Morgan fingerprint density at radius 3 is 2.53 bits per heavy atom. The Morgan fingerprint density at radius 2 is 1.89 bits per heavy atom. The molecule has 1 saturated heterocycles. The minimum atomic E-state index is -3.13. The van der Waals surface area contributed by atoms with E-state index in [2.05, 4.69) is 4.72 Å². The number of sulfonamides is 1. The average Bonchev–Trinajstić information content (AvgIpc) is 2.89. The van der Waals surface area contributed by atoms with E-state index in [9.17, 15) is 13.2 Å². The lowest BCUT2D eigenvalue weighted by atomic mass is 9.96. The van der Waals surface area contributed by atoms with E-state index in [0.717, 1.165) is 32.2 Å². The SMILES string of the molecule is CS(=O)(=O)NC[C@@H]1CCCN(C(=O)C2CCCC2)C1. The van der Waals surface area contributed by atoms with Crippen LogP contribution < -0.4 is 4.72 Å². The lowest BCUT2D eigenvalue weighted by molar-refractivity contribution is -0.137. The predicted octanol–water partition coefficient (Wildman–Crippen LogP) is 0.964. The molecule has 2 aliphatic rings. The van der Waals surface area contributed by atoms with Gasteiger partial charge >= 0.3 is 0 Å². The Bertz CT molecular complexity index is 416. The number of hydrogen-bond acceptors (Lipinski definition) is 3. The Morgan fingerprint density at radius 1 is 1.21 bits per heavy atom. The van der Waals surface area contributed by atoms with Crippen molar-refractivity contribution < 1.29 is 13.2 Å². The van der Waals surface area contributed by atoms with E-state index in [4.69, 9.17) is 0 Å². The summed E-state index contributed by atoms with van der Waals surface area (Å²) in [5, 5.41) is 0. The second kappa shape index (κ2) is 6.22. The van der Waals surface area contributed by atoms with Crippen LogP contribution in [0.1, 0.15) is 38.5 Å². The summed E-state index contributed by atoms with van der Waals surface area (Å²) < 4.78 is 24.8. The van der Waals surface area contributed by atoms with Crippen LogP contribution in [0.15, 0.2) is 0 Å². The lowest BCUT2D eigenvalue weighted by Crippen LogP contribution is -2.45. The van der Waals surface area contributed by atoms with E-state index in [1.807, 2.05) is 4.90 Å². The number of hydrogen-bond donors (Lipinski definition) is 1. The maximum absolute atomic E-state index is 12.3. The number of piperidine rings is 1. The highest BCUT2D eigenvalue weighted by atomic mass is 32.2. The van der Waals surface area contributed by atoms with Crippen LogP contribution in [0.4, 0.5) is 0 Å². The van der Waals surface area contributed by atoms with Crippen molar-refractivity contribution in [2.75, 3.05) is 25.9 Å². The highest BCUT2D eigenvalue weighted by Crippen LogP contribution is 2.28. The molecule has 5 nitrogen and oxygen atoms in total. The highest BCUT2D eigenvalue weighted by Gasteiger charge is 2.30. The van der Waals surface area contributed by atoms with Crippen LogP contribution in [0.5, 0.6) is 0 Å². The van der Waals surface area contributed by atoms with E-state index in [-0.39, 0.29) is 11.8 Å². The molecule has 1 aliphatic heterocycles. The molecule has 1 N–H and O–H groups in total. The van der Waals surface area contributed by atoms with E-state index in [1.54, 1.807) is 0 Å². The number of carbonyl (C=O) groups is 1. The first-order valence-electron chi connectivity index (χ1n) is 7.19. The second-order valence-electron chi connectivity index (χ2n) is 5.89. The molecule has 1 aliphatic carbocycles. The largest absolute Gasteiger partial charge is 0.342 e. The van der Waals surface area contributed by atoms with Gasteiger partial charge < -0.3 is 4.90 Å². The smallest absolute Gasteiger partial charge is 0.225 e. The number of likely N-dealkylation sites (tertiary alicyclic amines) is 1. The molecule has 0 aromatic carbocycles. The molecule has 0 unspecified atom stereocenters. The fourth-order valence-electron chi connectivity index (χ4n) is 3.13. The Hall–Kier alpha value is -0.620. The first kappa shape index (κ1) is 14.8. The average molecular weight is 288 g/mol. The second-order valence-corrected chi connectivity index (χ2v) is 7.73. The van der Waals surface area contributed by atoms with E-state index in [1.165, 1.54) is 19.1 Å². The van der Waals surface area contributed by atoms with Gasteiger partial charge in [-0.1, -0.05) is 12.8 Å². The molecule has 0 radical (unpaired) electrons. The zero-order valence-electron chi connectivity index (χ0n) is 11.6. The molecule has 1 amide bonds. The lowest BCUT2D eigenvalue weighted by Gasteiger charge is -2.34. The fourth-order valence-corrected chi connectivity index (χ4v) is 3.67. The van der Waals surface area contributed by atoms with Crippen LogP contribution in [-0.4, -0.2) is 45.1 Å². The minimum Gasteiger partial charge on any atom is -0.342 e. The maximum atomic E-state index is 12.3. The third kappa shape index (κ3) is 4.45. The number of amides is 1. The van der Waals surface area contributed by atoms with Gasteiger partial charge in [0.1, 0.15) is 0 Å². The van der Waals surface area contributed by atoms with Crippen molar-refractivity contribution in [3.8, 4) is 0 Å². The van der Waals surface area contributed by atoms with Gasteiger partial charge in [0, 0.05) is 25.6 Å². The van der Waals surface area contributed by atoms with Crippen molar-refractivity contribution in [3.05, 3.63) is 0 Å².